The Morgan fingerprint density at radius 3 is 2.59 bits per heavy atom. The van der Waals surface area contributed by atoms with Gasteiger partial charge in [0.25, 0.3) is 0 Å². The van der Waals surface area contributed by atoms with Crippen LogP contribution in [0.4, 0.5) is 0 Å². The summed E-state index contributed by atoms with van der Waals surface area (Å²) >= 11 is 4.94. The maximum absolute atomic E-state index is 12.5. The van der Waals surface area contributed by atoms with E-state index in [2.05, 4.69) is 22.9 Å². The summed E-state index contributed by atoms with van der Waals surface area (Å²) in [4.78, 5) is 23.1. The molecule has 0 saturated heterocycles. The van der Waals surface area contributed by atoms with Gasteiger partial charge in [-0.2, -0.15) is 11.8 Å². The standard InChI is InChI=1S/C25H35BrO5S/c1-2-3-8-15-25(31,18-11-13-19(26)14-12-18)17-32-24-20(21(27)16-22(24)28)9-6-4-5-7-10-23(29)30/h4,6,11-14,20,22,24,28,31H,2-3,5,7-10,15-17H2,1H3,(H,29,30)/t20-,22?,24+,25?/m0/s1. The van der Waals surface area contributed by atoms with Gasteiger partial charge in [-0.1, -0.05) is 66.4 Å². The third-order valence-electron chi connectivity index (χ3n) is 6.01. The summed E-state index contributed by atoms with van der Waals surface area (Å²) in [5.41, 5.74) is -0.152. The molecule has 0 radical (unpaired) electrons. The lowest BCUT2D eigenvalue weighted by Gasteiger charge is -2.31. The molecule has 0 heterocycles. The van der Waals surface area contributed by atoms with Crippen molar-refractivity contribution in [2.75, 3.05) is 5.75 Å². The number of hydrogen-bond acceptors (Lipinski definition) is 5. The van der Waals surface area contributed by atoms with Gasteiger partial charge in [-0.05, 0) is 43.4 Å². The van der Waals surface area contributed by atoms with Gasteiger partial charge in [0.15, 0.2) is 0 Å². The minimum absolute atomic E-state index is 0.0587. The molecule has 1 aliphatic carbocycles. The summed E-state index contributed by atoms with van der Waals surface area (Å²) in [6, 6.07) is 7.72. The smallest absolute Gasteiger partial charge is 0.303 e. The molecule has 1 saturated carbocycles. The van der Waals surface area contributed by atoms with Gasteiger partial charge >= 0.3 is 5.97 Å². The first kappa shape index (κ1) is 27.1. The Hall–Kier alpha value is -1.15. The van der Waals surface area contributed by atoms with E-state index in [1.807, 2.05) is 36.4 Å². The van der Waals surface area contributed by atoms with E-state index >= 15 is 0 Å². The van der Waals surface area contributed by atoms with E-state index in [4.69, 9.17) is 5.11 Å². The molecule has 5 nitrogen and oxygen atoms in total. The van der Waals surface area contributed by atoms with Crippen molar-refractivity contribution in [2.45, 2.75) is 81.7 Å². The number of aliphatic hydroxyl groups is 2. The maximum Gasteiger partial charge on any atom is 0.303 e. The summed E-state index contributed by atoms with van der Waals surface area (Å²) in [6.07, 6.45) is 8.87. The molecule has 32 heavy (non-hydrogen) atoms. The van der Waals surface area contributed by atoms with Crippen LogP contribution in [0.5, 0.6) is 0 Å². The van der Waals surface area contributed by atoms with E-state index in [9.17, 15) is 19.8 Å². The Labute approximate surface area is 203 Å². The number of thioether (sulfide) groups is 1. The summed E-state index contributed by atoms with van der Waals surface area (Å²) in [7, 11) is 0. The molecule has 2 rings (SSSR count). The molecule has 7 heteroatoms. The van der Waals surface area contributed by atoms with Crippen LogP contribution >= 0.6 is 27.7 Å². The molecular formula is C25H35BrO5S. The highest BCUT2D eigenvalue weighted by Gasteiger charge is 2.42. The molecule has 0 bridgehead atoms. The highest BCUT2D eigenvalue weighted by molar-refractivity contribution is 9.10. The topological polar surface area (TPSA) is 94.8 Å². The van der Waals surface area contributed by atoms with Crippen molar-refractivity contribution in [1.29, 1.82) is 0 Å². The predicted octanol–water partition coefficient (Wildman–Crippen LogP) is 5.47. The van der Waals surface area contributed by atoms with Crippen LogP contribution in [0, 0.1) is 5.92 Å². The Kier molecular flexibility index (Phi) is 11.5. The normalized spacial score (nSPS) is 23.0. The highest BCUT2D eigenvalue weighted by Crippen LogP contribution is 2.40. The molecule has 2 unspecified atom stereocenters. The number of halogens is 1. The number of unbranched alkanes of at least 4 members (excludes halogenated alkanes) is 3. The van der Waals surface area contributed by atoms with E-state index in [0.29, 0.717) is 31.4 Å². The zero-order valence-corrected chi connectivity index (χ0v) is 21.1. The van der Waals surface area contributed by atoms with E-state index in [-0.39, 0.29) is 29.8 Å². The first-order valence-electron chi connectivity index (χ1n) is 11.4. The van der Waals surface area contributed by atoms with Crippen molar-refractivity contribution >= 4 is 39.4 Å². The number of Topliss-reactive ketones (excluding diaryl/α,β-unsaturated/α-hetero) is 1. The van der Waals surface area contributed by atoms with Crippen molar-refractivity contribution in [3.05, 3.63) is 46.5 Å². The zero-order chi connectivity index (χ0) is 23.6. The number of carboxylic acids is 1. The average molecular weight is 528 g/mol. The lowest BCUT2D eigenvalue weighted by Crippen LogP contribution is -2.32. The lowest BCUT2D eigenvalue weighted by molar-refractivity contribution is -0.137. The number of aliphatic carboxylic acids is 1. The highest BCUT2D eigenvalue weighted by atomic mass is 79.9. The first-order valence-corrected chi connectivity index (χ1v) is 13.3. The molecule has 0 aliphatic heterocycles. The molecule has 0 spiro atoms. The molecule has 178 valence electrons. The fourth-order valence-corrected chi connectivity index (χ4v) is 5.97. The van der Waals surface area contributed by atoms with Crippen LogP contribution in [0.3, 0.4) is 0 Å². The van der Waals surface area contributed by atoms with Crippen LogP contribution in [-0.4, -0.2) is 44.2 Å². The molecule has 0 aromatic heterocycles. The first-order chi connectivity index (χ1) is 15.3. The average Bonchev–Trinajstić information content (AvgIpc) is 3.01. The number of carbonyl (C=O) groups is 2. The molecule has 1 aliphatic rings. The molecule has 0 amide bonds. The number of carboxylic acid groups (broad SMARTS) is 1. The fraction of sp³-hybridized carbons (Fsp3) is 0.600. The summed E-state index contributed by atoms with van der Waals surface area (Å²) in [6.45, 7) is 2.13. The quantitative estimate of drug-likeness (QED) is 0.219. The van der Waals surface area contributed by atoms with Crippen LogP contribution in [0.25, 0.3) is 0 Å². The molecule has 1 aromatic rings. The van der Waals surface area contributed by atoms with Gasteiger partial charge < -0.3 is 15.3 Å². The van der Waals surface area contributed by atoms with Gasteiger partial charge in [-0.3, -0.25) is 9.59 Å². The summed E-state index contributed by atoms with van der Waals surface area (Å²) < 4.78 is 0.955. The Morgan fingerprint density at radius 2 is 1.94 bits per heavy atom. The van der Waals surface area contributed by atoms with Crippen LogP contribution in [-0.2, 0) is 15.2 Å². The van der Waals surface area contributed by atoms with Crippen LogP contribution < -0.4 is 0 Å². The number of aliphatic hydroxyl groups excluding tert-OH is 1. The van der Waals surface area contributed by atoms with Crippen LogP contribution in [0.15, 0.2) is 40.9 Å². The summed E-state index contributed by atoms with van der Waals surface area (Å²) in [5, 5.41) is 30.5. The van der Waals surface area contributed by atoms with Crippen molar-refractivity contribution in [3.63, 3.8) is 0 Å². The molecule has 1 fully saturated rings. The van der Waals surface area contributed by atoms with Crippen molar-refractivity contribution in [2.24, 2.45) is 5.92 Å². The van der Waals surface area contributed by atoms with Gasteiger partial charge in [-0.25, -0.2) is 0 Å². The van der Waals surface area contributed by atoms with Crippen molar-refractivity contribution < 1.29 is 24.9 Å². The minimum Gasteiger partial charge on any atom is -0.481 e. The maximum atomic E-state index is 12.5. The molecule has 4 atom stereocenters. The second kappa shape index (κ2) is 13.5. The van der Waals surface area contributed by atoms with Gasteiger partial charge in [0.2, 0.25) is 0 Å². The largest absolute Gasteiger partial charge is 0.481 e. The van der Waals surface area contributed by atoms with E-state index in [0.717, 1.165) is 29.3 Å². The number of benzene rings is 1. The van der Waals surface area contributed by atoms with Crippen LogP contribution in [0.1, 0.15) is 70.3 Å². The predicted molar refractivity (Wildman–Crippen MR) is 133 cm³/mol. The van der Waals surface area contributed by atoms with Gasteiger partial charge in [0, 0.05) is 34.2 Å². The SMILES string of the molecule is CCCCCC(O)(CS[C@H]1C(O)CC(=O)[C@@H]1CC=CCCCC(=O)O)c1ccc(Br)cc1. The monoisotopic (exact) mass is 526 g/mol. The number of carbonyl (C=O) groups excluding carboxylic acids is 1. The van der Waals surface area contributed by atoms with E-state index < -0.39 is 17.7 Å². The van der Waals surface area contributed by atoms with E-state index in [1.165, 1.54) is 11.8 Å². The molecule has 3 N–H and O–H groups in total. The van der Waals surface area contributed by atoms with Crippen molar-refractivity contribution in [1.82, 2.24) is 0 Å². The van der Waals surface area contributed by atoms with Gasteiger partial charge in [0.1, 0.15) is 5.78 Å². The zero-order valence-electron chi connectivity index (χ0n) is 18.7. The lowest BCUT2D eigenvalue weighted by atomic mass is 9.90. The number of rotatable bonds is 14. The van der Waals surface area contributed by atoms with Gasteiger partial charge in [0.05, 0.1) is 11.7 Å². The Balaban J connectivity index is 2.03. The number of allylic oxidation sites excluding steroid dienone is 2. The number of ketones is 1. The molecule has 1 aromatic carbocycles. The third kappa shape index (κ3) is 8.32. The third-order valence-corrected chi connectivity index (χ3v) is 8.21. The Bertz CT molecular complexity index is 766. The van der Waals surface area contributed by atoms with E-state index in [1.54, 1.807) is 0 Å². The molecular weight excluding hydrogens is 492 g/mol. The second-order valence-corrected chi connectivity index (χ2v) is 10.7. The number of hydrogen-bond donors (Lipinski definition) is 3. The van der Waals surface area contributed by atoms with Crippen LogP contribution in [0.2, 0.25) is 0 Å². The summed E-state index contributed by atoms with van der Waals surface area (Å²) in [5.74, 6) is -0.605. The Morgan fingerprint density at radius 1 is 1.22 bits per heavy atom. The fourth-order valence-electron chi connectivity index (χ4n) is 4.11. The minimum atomic E-state index is -1.01. The van der Waals surface area contributed by atoms with Gasteiger partial charge in [-0.15, -0.1) is 0 Å². The van der Waals surface area contributed by atoms with Crippen molar-refractivity contribution in [3.8, 4) is 0 Å². The second-order valence-electron chi connectivity index (χ2n) is 8.61.